The molecule has 2 N–H and O–H groups in total. The molecule has 2 rings (SSSR count). The van der Waals surface area contributed by atoms with Crippen molar-refractivity contribution < 1.29 is 14.3 Å². The first-order valence-corrected chi connectivity index (χ1v) is 7.11. The van der Waals surface area contributed by atoms with Crippen molar-refractivity contribution in [1.82, 2.24) is 10.3 Å². The van der Waals surface area contributed by atoms with Gasteiger partial charge in [-0.05, 0) is 37.6 Å². The number of hydrogen-bond acceptors (Lipinski definition) is 4. The summed E-state index contributed by atoms with van der Waals surface area (Å²) in [5.41, 5.74) is 1.11. The summed E-state index contributed by atoms with van der Waals surface area (Å²) in [6.07, 6.45) is 0.501. The molecule has 1 unspecified atom stereocenters. The highest BCUT2D eigenvalue weighted by molar-refractivity contribution is 7.13. The van der Waals surface area contributed by atoms with Crippen LogP contribution in [0.2, 0.25) is 0 Å². The maximum atomic E-state index is 12.9. The Morgan fingerprint density at radius 2 is 2.15 bits per heavy atom. The number of thiazole rings is 1. The highest BCUT2D eigenvalue weighted by Crippen LogP contribution is 2.23. The van der Waals surface area contributed by atoms with Gasteiger partial charge in [0.1, 0.15) is 16.5 Å². The van der Waals surface area contributed by atoms with E-state index in [-0.39, 0.29) is 24.4 Å². The molecule has 0 aliphatic carbocycles. The summed E-state index contributed by atoms with van der Waals surface area (Å²) in [5, 5.41) is 13.9. The van der Waals surface area contributed by atoms with E-state index in [1.165, 1.54) is 23.5 Å². The quantitative estimate of drug-likeness (QED) is 0.890. The summed E-state index contributed by atoms with van der Waals surface area (Å²) in [5.74, 6) is -0.573. The number of amides is 1. The molecule has 0 spiro atoms. The molecular formula is C14H15FN2O2S. The molecule has 1 aromatic heterocycles. The van der Waals surface area contributed by atoms with Crippen molar-refractivity contribution in [2.75, 3.05) is 6.61 Å². The molecule has 0 saturated carbocycles. The van der Waals surface area contributed by atoms with Crippen LogP contribution in [0.4, 0.5) is 4.39 Å². The third kappa shape index (κ3) is 3.61. The van der Waals surface area contributed by atoms with Crippen molar-refractivity contribution in [3.8, 4) is 10.6 Å². The molecule has 1 aromatic carbocycles. The monoisotopic (exact) mass is 294 g/mol. The number of nitrogens with zero attached hydrogens (tertiary/aromatic N) is 1. The van der Waals surface area contributed by atoms with Crippen molar-refractivity contribution in [1.29, 1.82) is 0 Å². The number of aliphatic hydroxyl groups excluding tert-OH is 1. The Hall–Kier alpha value is -1.79. The molecule has 0 saturated heterocycles. The highest BCUT2D eigenvalue weighted by Gasteiger charge is 2.14. The maximum absolute atomic E-state index is 12.9. The van der Waals surface area contributed by atoms with Crippen LogP contribution in [-0.2, 0) is 0 Å². The van der Waals surface area contributed by atoms with Gasteiger partial charge in [0.05, 0.1) is 0 Å². The van der Waals surface area contributed by atoms with Crippen LogP contribution >= 0.6 is 11.3 Å². The number of carbonyl (C=O) groups is 1. The molecule has 0 radical (unpaired) electrons. The lowest BCUT2D eigenvalue weighted by Crippen LogP contribution is -2.33. The molecule has 1 amide bonds. The van der Waals surface area contributed by atoms with E-state index in [1.807, 2.05) is 6.92 Å². The Bertz CT molecular complexity index is 583. The summed E-state index contributed by atoms with van der Waals surface area (Å²) >= 11 is 1.33. The minimum atomic E-state index is -0.305. The molecule has 6 heteroatoms. The topological polar surface area (TPSA) is 62.2 Å². The van der Waals surface area contributed by atoms with Gasteiger partial charge in [-0.3, -0.25) is 4.79 Å². The predicted octanol–water partition coefficient (Wildman–Crippen LogP) is 2.45. The largest absolute Gasteiger partial charge is 0.396 e. The summed E-state index contributed by atoms with van der Waals surface area (Å²) in [7, 11) is 0. The number of halogens is 1. The van der Waals surface area contributed by atoms with Gasteiger partial charge in [-0.15, -0.1) is 11.3 Å². The van der Waals surface area contributed by atoms with Crippen LogP contribution < -0.4 is 5.32 Å². The standard InChI is InChI=1S/C14H15FN2O2S/c1-9(6-7-18)16-13(19)12-8-20-14(17-12)10-2-4-11(15)5-3-10/h2-5,8-9,18H,6-7H2,1H3,(H,16,19). The first-order chi connectivity index (χ1) is 9.60. The summed E-state index contributed by atoms with van der Waals surface area (Å²) in [6, 6.07) is 5.87. The lowest BCUT2D eigenvalue weighted by Gasteiger charge is -2.10. The second-order valence-electron chi connectivity index (χ2n) is 4.43. The average molecular weight is 294 g/mol. The molecule has 0 aliphatic rings. The smallest absolute Gasteiger partial charge is 0.270 e. The summed E-state index contributed by atoms with van der Waals surface area (Å²) < 4.78 is 12.9. The van der Waals surface area contributed by atoms with Crippen molar-refractivity contribution in [3.63, 3.8) is 0 Å². The lowest BCUT2D eigenvalue weighted by atomic mass is 10.2. The Morgan fingerprint density at radius 3 is 2.80 bits per heavy atom. The summed E-state index contributed by atoms with van der Waals surface area (Å²) in [6.45, 7) is 1.85. The normalized spacial score (nSPS) is 12.2. The van der Waals surface area contributed by atoms with Crippen LogP contribution in [-0.4, -0.2) is 28.6 Å². The van der Waals surface area contributed by atoms with Crippen molar-refractivity contribution in [3.05, 3.63) is 41.2 Å². The van der Waals surface area contributed by atoms with Crippen LogP contribution in [0.25, 0.3) is 10.6 Å². The Morgan fingerprint density at radius 1 is 1.45 bits per heavy atom. The fraction of sp³-hybridized carbons (Fsp3) is 0.286. The zero-order valence-corrected chi connectivity index (χ0v) is 11.8. The highest BCUT2D eigenvalue weighted by atomic mass is 32.1. The van der Waals surface area contributed by atoms with Gasteiger partial charge in [-0.2, -0.15) is 0 Å². The first-order valence-electron chi connectivity index (χ1n) is 6.23. The third-order valence-corrected chi connectivity index (χ3v) is 3.66. The molecule has 20 heavy (non-hydrogen) atoms. The van der Waals surface area contributed by atoms with E-state index in [0.29, 0.717) is 17.1 Å². The molecular weight excluding hydrogens is 279 g/mol. The molecule has 2 aromatic rings. The Balaban J connectivity index is 2.08. The van der Waals surface area contributed by atoms with E-state index in [1.54, 1.807) is 17.5 Å². The number of benzene rings is 1. The van der Waals surface area contributed by atoms with E-state index < -0.39 is 0 Å². The van der Waals surface area contributed by atoms with Gasteiger partial charge in [0, 0.05) is 23.6 Å². The third-order valence-electron chi connectivity index (χ3n) is 2.77. The van der Waals surface area contributed by atoms with Gasteiger partial charge < -0.3 is 10.4 Å². The molecule has 106 valence electrons. The van der Waals surface area contributed by atoms with Gasteiger partial charge in [-0.1, -0.05) is 0 Å². The predicted molar refractivity (Wildman–Crippen MR) is 76.1 cm³/mol. The van der Waals surface area contributed by atoms with Gasteiger partial charge in [0.2, 0.25) is 0 Å². The zero-order chi connectivity index (χ0) is 14.5. The fourth-order valence-electron chi connectivity index (χ4n) is 1.67. The van der Waals surface area contributed by atoms with Gasteiger partial charge in [-0.25, -0.2) is 9.37 Å². The molecule has 0 aliphatic heterocycles. The minimum Gasteiger partial charge on any atom is -0.396 e. The number of hydrogen-bond donors (Lipinski definition) is 2. The number of nitrogens with one attached hydrogen (secondary N) is 1. The SMILES string of the molecule is CC(CCO)NC(=O)c1csc(-c2ccc(F)cc2)n1. The fourth-order valence-corrected chi connectivity index (χ4v) is 2.47. The maximum Gasteiger partial charge on any atom is 0.270 e. The van der Waals surface area contributed by atoms with Crippen LogP contribution in [0.3, 0.4) is 0 Å². The zero-order valence-electron chi connectivity index (χ0n) is 11.0. The van der Waals surface area contributed by atoms with E-state index in [0.717, 1.165) is 5.56 Å². The molecule has 4 nitrogen and oxygen atoms in total. The summed E-state index contributed by atoms with van der Waals surface area (Å²) in [4.78, 5) is 16.2. The second-order valence-corrected chi connectivity index (χ2v) is 5.29. The van der Waals surface area contributed by atoms with Crippen LogP contribution in [0.15, 0.2) is 29.6 Å². The van der Waals surface area contributed by atoms with Crippen LogP contribution in [0.1, 0.15) is 23.8 Å². The molecule has 0 fully saturated rings. The van der Waals surface area contributed by atoms with Crippen LogP contribution in [0, 0.1) is 5.82 Å². The van der Waals surface area contributed by atoms with Crippen molar-refractivity contribution in [2.45, 2.75) is 19.4 Å². The number of rotatable bonds is 5. The van der Waals surface area contributed by atoms with E-state index in [2.05, 4.69) is 10.3 Å². The number of aromatic nitrogens is 1. The molecule has 1 heterocycles. The number of carbonyl (C=O) groups excluding carboxylic acids is 1. The average Bonchev–Trinajstić information content (AvgIpc) is 2.89. The first kappa shape index (κ1) is 14.6. The number of aliphatic hydroxyl groups is 1. The lowest BCUT2D eigenvalue weighted by molar-refractivity contribution is 0.0930. The molecule has 1 atom stereocenters. The van der Waals surface area contributed by atoms with Gasteiger partial charge in [0.15, 0.2) is 0 Å². The van der Waals surface area contributed by atoms with Gasteiger partial charge in [0.25, 0.3) is 5.91 Å². The van der Waals surface area contributed by atoms with Gasteiger partial charge >= 0.3 is 0 Å². The van der Waals surface area contributed by atoms with E-state index >= 15 is 0 Å². The second kappa shape index (κ2) is 6.58. The van der Waals surface area contributed by atoms with Crippen LogP contribution in [0.5, 0.6) is 0 Å². The van der Waals surface area contributed by atoms with E-state index in [4.69, 9.17) is 5.11 Å². The van der Waals surface area contributed by atoms with Crippen molar-refractivity contribution >= 4 is 17.2 Å². The van der Waals surface area contributed by atoms with E-state index in [9.17, 15) is 9.18 Å². The molecule has 0 bridgehead atoms. The Kier molecular flexibility index (Phi) is 4.81. The van der Waals surface area contributed by atoms with Crippen molar-refractivity contribution in [2.24, 2.45) is 0 Å². The minimum absolute atomic E-state index is 0.0271. The Labute approximate surface area is 120 Å².